The highest BCUT2D eigenvalue weighted by Gasteiger charge is 2.29. The van der Waals surface area contributed by atoms with E-state index >= 15 is 0 Å². The highest BCUT2D eigenvalue weighted by Crippen LogP contribution is 2.34. The lowest BCUT2D eigenvalue weighted by Gasteiger charge is -2.29. The van der Waals surface area contributed by atoms with Gasteiger partial charge in [0.15, 0.2) is 5.82 Å². The lowest BCUT2D eigenvalue weighted by atomic mass is 10.0. The highest BCUT2D eigenvalue weighted by molar-refractivity contribution is 6.02. The van der Waals surface area contributed by atoms with E-state index in [1.165, 1.54) is 7.11 Å². The molecule has 2 heterocycles. The molecule has 0 bridgehead atoms. The number of carbonyl (C=O) groups excluding carboxylic acids is 1. The van der Waals surface area contributed by atoms with E-state index in [4.69, 9.17) is 16.2 Å². The molecular formula is C14H19N5O2. The van der Waals surface area contributed by atoms with Crippen molar-refractivity contribution >= 4 is 23.6 Å². The number of likely N-dealkylation sites (N-methyl/N-ethyl adjacent to an activating group) is 1. The summed E-state index contributed by atoms with van der Waals surface area (Å²) in [6, 6.07) is 0. The minimum absolute atomic E-state index is 0.340. The topological polar surface area (TPSA) is 107 Å². The second-order valence-corrected chi connectivity index (χ2v) is 4.99. The Morgan fingerprint density at radius 3 is 2.57 bits per heavy atom. The van der Waals surface area contributed by atoms with Gasteiger partial charge in [0.2, 0.25) is 5.91 Å². The molecule has 21 heavy (non-hydrogen) atoms. The van der Waals surface area contributed by atoms with Crippen molar-refractivity contribution in [2.75, 3.05) is 25.6 Å². The number of nitrogens with two attached hydrogens (primary N) is 2. The molecule has 0 fully saturated rings. The van der Waals surface area contributed by atoms with E-state index in [1.54, 1.807) is 13.0 Å². The van der Waals surface area contributed by atoms with Crippen molar-refractivity contribution in [3.8, 4) is 0 Å². The summed E-state index contributed by atoms with van der Waals surface area (Å²) in [5.41, 5.74) is 13.5. The maximum absolute atomic E-state index is 11.6. The van der Waals surface area contributed by atoms with Crippen molar-refractivity contribution in [2.24, 2.45) is 11.5 Å². The van der Waals surface area contributed by atoms with Crippen LogP contribution in [0, 0.1) is 6.92 Å². The SMILES string of the molecule is COC1=C(C(N)=O)CN(C)c2nc(/C=C(/C)N)nc(C)c21. The predicted molar refractivity (Wildman–Crippen MR) is 81.0 cm³/mol. The van der Waals surface area contributed by atoms with Gasteiger partial charge in [-0.25, -0.2) is 9.97 Å². The number of hydrogen-bond acceptors (Lipinski definition) is 6. The van der Waals surface area contributed by atoms with E-state index in [1.807, 2.05) is 18.9 Å². The first-order valence-electron chi connectivity index (χ1n) is 6.46. The summed E-state index contributed by atoms with van der Waals surface area (Å²) in [6.07, 6.45) is 1.70. The Balaban J connectivity index is 2.71. The molecular weight excluding hydrogens is 270 g/mol. The number of anilines is 1. The summed E-state index contributed by atoms with van der Waals surface area (Å²) in [4.78, 5) is 22.3. The predicted octanol–water partition coefficient (Wildman–Crippen LogP) is 0.397. The molecule has 1 aliphatic rings. The van der Waals surface area contributed by atoms with Gasteiger partial charge < -0.3 is 21.1 Å². The Labute approximate surface area is 123 Å². The van der Waals surface area contributed by atoms with Gasteiger partial charge in [0.05, 0.1) is 30.5 Å². The number of methoxy groups -OCH3 is 1. The number of rotatable bonds is 3. The zero-order valence-corrected chi connectivity index (χ0v) is 12.6. The maximum atomic E-state index is 11.6. The minimum atomic E-state index is -0.509. The van der Waals surface area contributed by atoms with E-state index in [-0.39, 0.29) is 0 Å². The molecule has 0 saturated carbocycles. The van der Waals surface area contributed by atoms with E-state index in [9.17, 15) is 4.79 Å². The average Bonchev–Trinajstić information content (AvgIpc) is 2.38. The number of aryl methyl sites for hydroxylation is 1. The molecule has 0 spiro atoms. The van der Waals surface area contributed by atoms with Crippen LogP contribution in [0.2, 0.25) is 0 Å². The summed E-state index contributed by atoms with van der Waals surface area (Å²) >= 11 is 0. The Morgan fingerprint density at radius 1 is 1.38 bits per heavy atom. The van der Waals surface area contributed by atoms with E-state index < -0.39 is 5.91 Å². The third-order valence-electron chi connectivity index (χ3n) is 3.20. The van der Waals surface area contributed by atoms with Crippen LogP contribution in [0.25, 0.3) is 11.8 Å². The van der Waals surface area contributed by atoms with Gasteiger partial charge in [-0.15, -0.1) is 0 Å². The highest BCUT2D eigenvalue weighted by atomic mass is 16.5. The van der Waals surface area contributed by atoms with Crippen LogP contribution in [0.5, 0.6) is 0 Å². The standard InChI is InChI=1S/C14H19N5O2/c1-7(15)5-10-17-8(2)11-12(21-4)9(13(16)20)6-19(3)14(11)18-10/h5H,6,15H2,1-4H3,(H2,16,20)/b7-5-. The molecule has 2 rings (SSSR count). The van der Waals surface area contributed by atoms with E-state index in [2.05, 4.69) is 9.97 Å². The number of nitrogens with zero attached hydrogens (tertiary/aromatic N) is 3. The van der Waals surface area contributed by atoms with Gasteiger partial charge in [0.25, 0.3) is 0 Å². The monoisotopic (exact) mass is 289 g/mol. The molecule has 112 valence electrons. The van der Waals surface area contributed by atoms with Crippen molar-refractivity contribution in [3.05, 3.63) is 28.4 Å². The van der Waals surface area contributed by atoms with Crippen LogP contribution in [0.3, 0.4) is 0 Å². The number of carbonyl (C=O) groups is 1. The molecule has 0 aliphatic carbocycles. The van der Waals surface area contributed by atoms with Gasteiger partial charge in [0, 0.05) is 18.8 Å². The number of hydrogen-bond donors (Lipinski definition) is 2. The summed E-state index contributed by atoms with van der Waals surface area (Å²) in [6.45, 7) is 3.95. The zero-order chi connectivity index (χ0) is 15.7. The van der Waals surface area contributed by atoms with Crippen molar-refractivity contribution in [1.29, 1.82) is 0 Å². The quantitative estimate of drug-likeness (QED) is 0.834. The Hall–Kier alpha value is -2.57. The van der Waals surface area contributed by atoms with Crippen molar-refractivity contribution in [1.82, 2.24) is 9.97 Å². The molecule has 7 heteroatoms. The molecule has 4 N–H and O–H groups in total. The normalized spacial score (nSPS) is 15.0. The zero-order valence-electron chi connectivity index (χ0n) is 12.6. The summed E-state index contributed by atoms with van der Waals surface area (Å²) < 4.78 is 5.37. The molecule has 0 unspecified atom stereocenters. The molecule has 1 aliphatic heterocycles. The average molecular weight is 289 g/mol. The third-order valence-corrected chi connectivity index (χ3v) is 3.20. The van der Waals surface area contributed by atoms with Gasteiger partial charge in [-0.05, 0) is 13.8 Å². The fraction of sp³-hybridized carbons (Fsp3) is 0.357. The first kappa shape index (κ1) is 14.8. The van der Waals surface area contributed by atoms with Crippen molar-refractivity contribution in [2.45, 2.75) is 13.8 Å². The van der Waals surface area contributed by atoms with Crippen LogP contribution in [0.15, 0.2) is 11.3 Å². The second-order valence-electron chi connectivity index (χ2n) is 4.99. The number of amides is 1. The molecule has 7 nitrogen and oxygen atoms in total. The van der Waals surface area contributed by atoms with Crippen LogP contribution in [-0.2, 0) is 9.53 Å². The number of ether oxygens (including phenoxy) is 1. The number of allylic oxidation sites excluding steroid dienone is 1. The van der Waals surface area contributed by atoms with Crippen LogP contribution >= 0.6 is 0 Å². The molecule has 0 atom stereocenters. The molecule has 0 radical (unpaired) electrons. The van der Waals surface area contributed by atoms with Gasteiger partial charge in [-0.1, -0.05) is 0 Å². The van der Waals surface area contributed by atoms with Gasteiger partial charge in [-0.3, -0.25) is 4.79 Å². The van der Waals surface area contributed by atoms with Gasteiger partial charge >= 0.3 is 0 Å². The van der Waals surface area contributed by atoms with Gasteiger partial charge in [0.1, 0.15) is 11.6 Å². The first-order chi connectivity index (χ1) is 9.85. The van der Waals surface area contributed by atoms with Gasteiger partial charge in [-0.2, -0.15) is 0 Å². The molecule has 0 aromatic carbocycles. The Morgan fingerprint density at radius 2 is 2.05 bits per heavy atom. The second kappa shape index (κ2) is 5.43. The van der Waals surface area contributed by atoms with Crippen LogP contribution in [-0.4, -0.2) is 36.6 Å². The molecule has 1 amide bonds. The van der Waals surface area contributed by atoms with E-state index in [0.29, 0.717) is 46.5 Å². The van der Waals surface area contributed by atoms with E-state index in [0.717, 1.165) is 0 Å². The Bertz CT molecular complexity index is 660. The summed E-state index contributed by atoms with van der Waals surface area (Å²) in [7, 11) is 3.34. The van der Waals surface area contributed by atoms with Crippen LogP contribution < -0.4 is 16.4 Å². The van der Waals surface area contributed by atoms with Crippen molar-refractivity contribution < 1.29 is 9.53 Å². The molecule has 1 aromatic heterocycles. The third kappa shape index (κ3) is 2.67. The maximum Gasteiger partial charge on any atom is 0.250 e. The van der Waals surface area contributed by atoms with Crippen LogP contribution in [0.1, 0.15) is 24.0 Å². The lowest BCUT2D eigenvalue weighted by Crippen LogP contribution is -2.33. The molecule has 1 aromatic rings. The fourth-order valence-electron chi connectivity index (χ4n) is 2.34. The molecule has 0 saturated heterocycles. The number of primary amides is 1. The summed E-state index contributed by atoms with van der Waals surface area (Å²) in [5, 5.41) is 0. The fourth-order valence-corrected chi connectivity index (χ4v) is 2.34. The summed E-state index contributed by atoms with van der Waals surface area (Å²) in [5.74, 6) is 1.14. The smallest absolute Gasteiger partial charge is 0.250 e. The van der Waals surface area contributed by atoms with Crippen molar-refractivity contribution in [3.63, 3.8) is 0 Å². The van der Waals surface area contributed by atoms with Crippen LogP contribution in [0.4, 0.5) is 5.82 Å². The Kier molecular flexibility index (Phi) is 3.84. The number of aromatic nitrogens is 2. The number of fused-ring (bicyclic) bond motifs is 1. The minimum Gasteiger partial charge on any atom is -0.495 e. The lowest BCUT2D eigenvalue weighted by molar-refractivity contribution is -0.114. The largest absolute Gasteiger partial charge is 0.495 e. The first-order valence-corrected chi connectivity index (χ1v) is 6.46.